The molecule has 2 aromatic rings. The number of nitrogens with two attached hydrogens (primary N) is 1. The van der Waals surface area contributed by atoms with Crippen molar-refractivity contribution in [1.82, 2.24) is 4.98 Å². The van der Waals surface area contributed by atoms with Crippen molar-refractivity contribution in [3.8, 4) is 11.3 Å². The molecular weight excluding hydrogens is 367 g/mol. The summed E-state index contributed by atoms with van der Waals surface area (Å²) in [5.74, 6) is -0.586. The van der Waals surface area contributed by atoms with E-state index >= 15 is 0 Å². The van der Waals surface area contributed by atoms with Crippen molar-refractivity contribution in [2.75, 3.05) is 0 Å². The summed E-state index contributed by atoms with van der Waals surface area (Å²) in [6, 6.07) is 4.05. The SMILES string of the molecule is CC(C)(C)OC(=O)C(N)CC(O)c1nc(-c2c(Cl)cccc2Cl)co1. The van der Waals surface area contributed by atoms with Crippen molar-refractivity contribution < 1.29 is 19.1 Å². The predicted octanol–water partition coefficient (Wildman–Crippen LogP) is 3.74. The molecule has 0 saturated heterocycles. The van der Waals surface area contributed by atoms with Crippen LogP contribution in [0.2, 0.25) is 10.0 Å². The fourth-order valence-corrected chi connectivity index (χ4v) is 2.70. The van der Waals surface area contributed by atoms with E-state index in [9.17, 15) is 9.90 Å². The Balaban J connectivity index is 2.10. The number of oxazole rings is 1. The summed E-state index contributed by atoms with van der Waals surface area (Å²) in [7, 11) is 0. The Bertz CT molecular complexity index is 735. The minimum absolute atomic E-state index is 0.0185. The highest BCUT2D eigenvalue weighted by Crippen LogP contribution is 2.34. The van der Waals surface area contributed by atoms with Gasteiger partial charge in [-0.15, -0.1) is 0 Å². The third-order valence-corrected chi connectivity index (χ3v) is 3.84. The van der Waals surface area contributed by atoms with Gasteiger partial charge in [-0.3, -0.25) is 4.79 Å². The smallest absolute Gasteiger partial charge is 0.323 e. The Labute approximate surface area is 155 Å². The first kappa shape index (κ1) is 19.7. The number of aliphatic hydroxyl groups is 1. The van der Waals surface area contributed by atoms with Crippen LogP contribution in [-0.4, -0.2) is 27.7 Å². The Morgan fingerprint density at radius 2 is 1.96 bits per heavy atom. The van der Waals surface area contributed by atoms with E-state index in [0.717, 1.165) is 0 Å². The molecule has 0 saturated carbocycles. The van der Waals surface area contributed by atoms with E-state index in [4.69, 9.17) is 38.1 Å². The van der Waals surface area contributed by atoms with E-state index in [2.05, 4.69) is 4.98 Å². The first-order chi connectivity index (χ1) is 11.6. The van der Waals surface area contributed by atoms with Gasteiger partial charge in [-0.25, -0.2) is 4.98 Å². The van der Waals surface area contributed by atoms with Crippen LogP contribution in [0.1, 0.15) is 39.2 Å². The maximum absolute atomic E-state index is 11.9. The molecule has 25 heavy (non-hydrogen) atoms. The van der Waals surface area contributed by atoms with Crippen LogP contribution in [0.3, 0.4) is 0 Å². The third-order valence-electron chi connectivity index (χ3n) is 3.21. The van der Waals surface area contributed by atoms with Crippen molar-refractivity contribution in [1.29, 1.82) is 0 Å². The number of benzene rings is 1. The second kappa shape index (κ2) is 7.74. The summed E-state index contributed by atoms with van der Waals surface area (Å²) < 4.78 is 10.5. The van der Waals surface area contributed by atoms with Crippen molar-refractivity contribution in [2.24, 2.45) is 5.73 Å². The molecule has 0 aliphatic heterocycles. The average Bonchev–Trinajstić information content (AvgIpc) is 2.94. The summed E-state index contributed by atoms with van der Waals surface area (Å²) >= 11 is 12.3. The number of esters is 1. The first-order valence-electron chi connectivity index (χ1n) is 7.65. The topological polar surface area (TPSA) is 98.6 Å². The number of carbonyl (C=O) groups excluding carboxylic acids is 1. The lowest BCUT2D eigenvalue weighted by Crippen LogP contribution is -2.38. The number of ether oxygens (including phenoxy) is 1. The summed E-state index contributed by atoms with van der Waals surface area (Å²) in [4.78, 5) is 16.1. The molecule has 2 atom stereocenters. The fourth-order valence-electron chi connectivity index (χ4n) is 2.11. The van der Waals surface area contributed by atoms with Crippen LogP contribution in [0.15, 0.2) is 28.9 Å². The second-order valence-corrected chi connectivity index (χ2v) is 7.37. The molecule has 1 heterocycles. The molecule has 1 aromatic heterocycles. The van der Waals surface area contributed by atoms with E-state index in [0.29, 0.717) is 21.3 Å². The third kappa shape index (κ3) is 5.19. The normalized spacial score (nSPS) is 14.2. The quantitative estimate of drug-likeness (QED) is 0.759. The summed E-state index contributed by atoms with van der Waals surface area (Å²) in [6.07, 6.45) is 0.0768. The number of hydrogen-bond acceptors (Lipinski definition) is 6. The lowest BCUT2D eigenvalue weighted by Gasteiger charge is -2.22. The van der Waals surface area contributed by atoms with Gasteiger partial charge in [0.05, 0.1) is 10.0 Å². The molecule has 8 heteroatoms. The van der Waals surface area contributed by atoms with E-state index < -0.39 is 23.7 Å². The molecule has 0 spiro atoms. The Hall–Kier alpha value is -1.60. The summed E-state index contributed by atoms with van der Waals surface area (Å²) in [5.41, 5.74) is 6.02. The molecule has 0 fully saturated rings. The van der Waals surface area contributed by atoms with Gasteiger partial charge in [-0.1, -0.05) is 29.3 Å². The molecule has 6 nitrogen and oxygen atoms in total. The molecule has 2 unspecified atom stereocenters. The van der Waals surface area contributed by atoms with E-state index in [1.165, 1.54) is 6.26 Å². The van der Waals surface area contributed by atoms with Gasteiger partial charge in [0.1, 0.15) is 29.7 Å². The molecule has 0 amide bonds. The van der Waals surface area contributed by atoms with Crippen molar-refractivity contribution in [3.63, 3.8) is 0 Å². The maximum atomic E-state index is 11.9. The number of aliphatic hydroxyl groups excluding tert-OH is 1. The van der Waals surface area contributed by atoms with Crippen LogP contribution >= 0.6 is 23.2 Å². The van der Waals surface area contributed by atoms with Gasteiger partial charge in [-0.05, 0) is 32.9 Å². The zero-order valence-corrected chi connectivity index (χ0v) is 15.6. The Morgan fingerprint density at radius 3 is 2.52 bits per heavy atom. The van der Waals surface area contributed by atoms with E-state index in [-0.39, 0.29) is 12.3 Å². The Kier molecular flexibility index (Phi) is 6.11. The molecule has 0 aliphatic rings. The van der Waals surface area contributed by atoms with Crippen LogP contribution in [0.5, 0.6) is 0 Å². The van der Waals surface area contributed by atoms with Gasteiger partial charge < -0.3 is 20.0 Å². The lowest BCUT2D eigenvalue weighted by atomic mass is 10.1. The highest BCUT2D eigenvalue weighted by Gasteiger charge is 2.27. The molecule has 1 aromatic carbocycles. The molecule has 0 aliphatic carbocycles. The Morgan fingerprint density at radius 1 is 1.36 bits per heavy atom. The minimum Gasteiger partial charge on any atom is -0.459 e. The monoisotopic (exact) mass is 386 g/mol. The maximum Gasteiger partial charge on any atom is 0.323 e. The number of rotatable bonds is 5. The largest absolute Gasteiger partial charge is 0.459 e. The number of hydrogen-bond donors (Lipinski definition) is 2. The predicted molar refractivity (Wildman–Crippen MR) is 95.4 cm³/mol. The number of halogens is 2. The zero-order chi connectivity index (χ0) is 18.8. The van der Waals surface area contributed by atoms with Crippen LogP contribution in [0.25, 0.3) is 11.3 Å². The van der Waals surface area contributed by atoms with E-state index in [1.54, 1.807) is 39.0 Å². The molecular formula is C17H20Cl2N2O4. The van der Waals surface area contributed by atoms with Crippen molar-refractivity contribution in [3.05, 3.63) is 40.4 Å². The molecule has 0 radical (unpaired) electrons. The molecule has 136 valence electrons. The van der Waals surface area contributed by atoms with Crippen LogP contribution in [0, 0.1) is 0 Å². The highest BCUT2D eigenvalue weighted by molar-refractivity contribution is 6.39. The van der Waals surface area contributed by atoms with Crippen LogP contribution in [0.4, 0.5) is 0 Å². The van der Waals surface area contributed by atoms with Gasteiger partial charge in [0, 0.05) is 12.0 Å². The van der Waals surface area contributed by atoms with Crippen LogP contribution < -0.4 is 5.73 Å². The molecule has 0 bridgehead atoms. The molecule has 2 rings (SSSR count). The summed E-state index contributed by atoms with van der Waals surface area (Å²) in [5, 5.41) is 11.0. The highest BCUT2D eigenvalue weighted by atomic mass is 35.5. The van der Waals surface area contributed by atoms with Gasteiger partial charge >= 0.3 is 5.97 Å². The van der Waals surface area contributed by atoms with Gasteiger partial charge in [-0.2, -0.15) is 0 Å². The number of aromatic nitrogens is 1. The number of carbonyl (C=O) groups is 1. The van der Waals surface area contributed by atoms with Gasteiger partial charge in [0.15, 0.2) is 0 Å². The summed E-state index contributed by atoms with van der Waals surface area (Å²) in [6.45, 7) is 5.21. The number of nitrogens with zero attached hydrogens (tertiary/aromatic N) is 1. The second-order valence-electron chi connectivity index (χ2n) is 6.56. The average molecular weight is 387 g/mol. The van der Waals surface area contributed by atoms with Crippen molar-refractivity contribution in [2.45, 2.75) is 44.9 Å². The van der Waals surface area contributed by atoms with Gasteiger partial charge in [0.2, 0.25) is 5.89 Å². The van der Waals surface area contributed by atoms with Gasteiger partial charge in [0.25, 0.3) is 0 Å². The standard InChI is InChI=1S/C17H20Cl2N2O4/c1-17(2,3)25-16(23)11(20)7-13(22)15-21-12(8-24-15)14-9(18)5-4-6-10(14)19/h4-6,8,11,13,22H,7,20H2,1-3H3. The fraction of sp³-hybridized carbons (Fsp3) is 0.412. The van der Waals surface area contributed by atoms with Crippen LogP contribution in [-0.2, 0) is 9.53 Å². The van der Waals surface area contributed by atoms with Crippen molar-refractivity contribution >= 4 is 29.2 Å². The zero-order valence-electron chi connectivity index (χ0n) is 14.1. The first-order valence-corrected chi connectivity index (χ1v) is 8.40. The van der Waals surface area contributed by atoms with E-state index in [1.807, 2.05) is 0 Å². The minimum atomic E-state index is -1.17. The molecule has 3 N–H and O–H groups in total. The lowest BCUT2D eigenvalue weighted by molar-refractivity contribution is -0.157.